The van der Waals surface area contributed by atoms with Crippen LogP contribution in [0.2, 0.25) is 0 Å². The van der Waals surface area contributed by atoms with Gasteiger partial charge in [0.1, 0.15) is 5.75 Å². The predicted octanol–water partition coefficient (Wildman–Crippen LogP) is 8.54. The van der Waals surface area contributed by atoms with Crippen molar-refractivity contribution in [3.05, 3.63) is 94.5 Å². The van der Waals surface area contributed by atoms with E-state index in [0.29, 0.717) is 5.75 Å². The molecule has 4 rings (SSSR count). The van der Waals surface area contributed by atoms with Gasteiger partial charge in [-0.3, -0.25) is 0 Å². The molecule has 156 valence electrons. The Balaban J connectivity index is 0.000000210. The number of phenols is 1. The molecule has 0 bridgehead atoms. The fraction of sp³-hybridized carbons (Fsp3) is 0.192. The number of fused-ring (bicyclic) bond motifs is 1. The third-order valence-corrected chi connectivity index (χ3v) is 5.78. The molecule has 4 aromatic carbocycles. The van der Waals surface area contributed by atoms with E-state index >= 15 is 0 Å². The molecule has 0 aromatic heterocycles. The SMILES string of the molecule is Cc1c(C)c(C)[c-](C)c1C.Oc1ccc2ccccc2c1-c1ccccc1.[Cl][Ti][Cl]. The summed E-state index contributed by atoms with van der Waals surface area (Å²) in [6.45, 7) is 11.0. The molecule has 4 aromatic rings. The van der Waals surface area contributed by atoms with Crippen LogP contribution in [0.15, 0.2) is 66.7 Å². The van der Waals surface area contributed by atoms with Crippen molar-refractivity contribution >= 4 is 29.4 Å². The Morgan fingerprint density at radius 2 is 1.23 bits per heavy atom. The zero-order chi connectivity index (χ0) is 22.3. The Kier molecular flexibility index (Phi) is 9.59. The van der Waals surface area contributed by atoms with Crippen molar-refractivity contribution in [1.29, 1.82) is 0 Å². The van der Waals surface area contributed by atoms with Crippen LogP contribution in [-0.4, -0.2) is 5.11 Å². The molecule has 0 saturated heterocycles. The molecular formula is C26H27Cl2OTi-. The number of hydrogen-bond donors (Lipinski definition) is 1. The molecule has 0 heterocycles. The van der Waals surface area contributed by atoms with E-state index < -0.39 is 17.0 Å². The normalized spacial score (nSPS) is 9.97. The van der Waals surface area contributed by atoms with E-state index in [9.17, 15) is 5.11 Å². The first-order chi connectivity index (χ1) is 14.3. The molecule has 0 aliphatic heterocycles. The third kappa shape index (κ3) is 5.74. The van der Waals surface area contributed by atoms with Gasteiger partial charge in [0.15, 0.2) is 0 Å². The third-order valence-electron chi connectivity index (χ3n) is 5.78. The molecule has 4 heteroatoms. The van der Waals surface area contributed by atoms with Gasteiger partial charge in [-0.1, -0.05) is 95.3 Å². The van der Waals surface area contributed by atoms with Crippen LogP contribution in [0.25, 0.3) is 21.9 Å². The minimum absolute atomic E-state index is 0.329. The maximum atomic E-state index is 10.1. The van der Waals surface area contributed by atoms with Crippen LogP contribution in [0.1, 0.15) is 27.8 Å². The molecule has 0 amide bonds. The van der Waals surface area contributed by atoms with Crippen LogP contribution in [0, 0.1) is 34.6 Å². The second kappa shape index (κ2) is 11.7. The van der Waals surface area contributed by atoms with Gasteiger partial charge in [-0.15, -0.1) is 0 Å². The first-order valence-electron chi connectivity index (χ1n) is 9.75. The van der Waals surface area contributed by atoms with Gasteiger partial charge >= 0.3 is 35.6 Å². The van der Waals surface area contributed by atoms with Crippen molar-refractivity contribution in [2.45, 2.75) is 34.6 Å². The Bertz CT molecular complexity index is 1020. The van der Waals surface area contributed by atoms with Gasteiger partial charge in [-0.2, -0.15) is 27.8 Å². The summed E-state index contributed by atoms with van der Waals surface area (Å²) in [6.07, 6.45) is 0. The molecule has 0 spiro atoms. The van der Waals surface area contributed by atoms with Gasteiger partial charge in [0.2, 0.25) is 0 Å². The summed E-state index contributed by atoms with van der Waals surface area (Å²) in [5.41, 5.74) is 9.29. The summed E-state index contributed by atoms with van der Waals surface area (Å²) in [5, 5.41) is 12.3. The van der Waals surface area contributed by atoms with E-state index in [1.807, 2.05) is 54.6 Å². The first kappa shape index (κ1) is 24.6. The molecule has 1 N–H and O–H groups in total. The van der Waals surface area contributed by atoms with Crippen molar-refractivity contribution in [3.8, 4) is 16.9 Å². The maximum absolute atomic E-state index is 10.1. The number of aromatic hydroxyl groups is 1. The first-order valence-corrected chi connectivity index (χ1v) is 14.0. The second-order valence-electron chi connectivity index (χ2n) is 7.24. The topological polar surface area (TPSA) is 20.2 Å². The van der Waals surface area contributed by atoms with E-state index in [2.05, 4.69) is 40.7 Å². The number of rotatable bonds is 1. The van der Waals surface area contributed by atoms with Gasteiger partial charge < -0.3 is 5.11 Å². The predicted molar refractivity (Wildman–Crippen MR) is 128 cm³/mol. The average Bonchev–Trinajstić information content (AvgIpc) is 2.93. The Morgan fingerprint density at radius 3 is 1.73 bits per heavy atom. The van der Waals surface area contributed by atoms with Crippen LogP contribution in [-0.2, 0) is 17.0 Å². The van der Waals surface area contributed by atoms with Gasteiger partial charge in [0.05, 0.1) is 0 Å². The van der Waals surface area contributed by atoms with Crippen molar-refractivity contribution in [1.82, 2.24) is 0 Å². The molecule has 0 radical (unpaired) electrons. The number of hydrogen-bond acceptors (Lipinski definition) is 1. The summed E-state index contributed by atoms with van der Waals surface area (Å²) in [7, 11) is 9.78. The zero-order valence-electron chi connectivity index (χ0n) is 18.1. The van der Waals surface area contributed by atoms with Gasteiger partial charge in [-0.05, 0) is 22.4 Å². The number of halogens is 2. The van der Waals surface area contributed by atoms with Crippen LogP contribution >= 0.6 is 18.6 Å². The van der Waals surface area contributed by atoms with E-state index in [4.69, 9.17) is 18.6 Å². The molecule has 0 unspecified atom stereocenters. The van der Waals surface area contributed by atoms with E-state index in [1.165, 1.54) is 27.8 Å². The Hall–Kier alpha value is -1.64. The van der Waals surface area contributed by atoms with Crippen molar-refractivity contribution in [2.75, 3.05) is 0 Å². The second-order valence-corrected chi connectivity index (χ2v) is 9.82. The van der Waals surface area contributed by atoms with Gasteiger partial charge in [0.25, 0.3) is 0 Å². The zero-order valence-corrected chi connectivity index (χ0v) is 21.1. The Labute approximate surface area is 196 Å². The summed E-state index contributed by atoms with van der Waals surface area (Å²) < 4.78 is 0. The molecule has 0 aliphatic rings. The molecule has 30 heavy (non-hydrogen) atoms. The molecule has 0 aliphatic carbocycles. The summed E-state index contributed by atoms with van der Waals surface area (Å²) >= 11 is -0.556. The Morgan fingerprint density at radius 1 is 0.733 bits per heavy atom. The summed E-state index contributed by atoms with van der Waals surface area (Å²) in [6, 6.07) is 21.8. The minimum atomic E-state index is -0.556. The van der Waals surface area contributed by atoms with Gasteiger partial charge in [-0.25, -0.2) is 0 Å². The average molecular weight is 474 g/mol. The number of phenolic OH excluding ortho intramolecular Hbond substituents is 1. The quantitative estimate of drug-likeness (QED) is 0.217. The van der Waals surface area contributed by atoms with Crippen LogP contribution in [0.3, 0.4) is 0 Å². The van der Waals surface area contributed by atoms with E-state index in [-0.39, 0.29) is 0 Å². The van der Waals surface area contributed by atoms with E-state index in [1.54, 1.807) is 6.07 Å². The molecule has 0 atom stereocenters. The monoisotopic (exact) mass is 473 g/mol. The fourth-order valence-corrected chi connectivity index (χ4v) is 3.57. The number of benzene rings is 3. The molecule has 1 nitrogen and oxygen atoms in total. The summed E-state index contributed by atoms with van der Waals surface area (Å²) in [4.78, 5) is 0. The van der Waals surface area contributed by atoms with Crippen molar-refractivity contribution in [2.24, 2.45) is 0 Å². The summed E-state index contributed by atoms with van der Waals surface area (Å²) in [5.74, 6) is 0.329. The molecular weight excluding hydrogens is 447 g/mol. The molecule has 0 saturated carbocycles. The van der Waals surface area contributed by atoms with Crippen LogP contribution < -0.4 is 0 Å². The standard InChI is InChI=1S/C16H12O.C10H15.2ClH.Ti/c17-15-11-10-12-6-4-5-9-14(12)16(15)13-7-2-1-3-8-13;1-6-7(2)9(4)10(5)8(6)3;;;/h1-11,17H;1-5H3;2*1H;/q;-1;;;+2/p-2. The van der Waals surface area contributed by atoms with Crippen LogP contribution in [0.4, 0.5) is 0 Å². The van der Waals surface area contributed by atoms with E-state index in [0.717, 1.165) is 21.9 Å². The molecule has 0 fully saturated rings. The van der Waals surface area contributed by atoms with Gasteiger partial charge in [0, 0.05) is 5.56 Å². The van der Waals surface area contributed by atoms with Crippen molar-refractivity contribution < 1.29 is 22.1 Å². The van der Waals surface area contributed by atoms with Crippen LogP contribution in [0.5, 0.6) is 5.75 Å². The fourth-order valence-electron chi connectivity index (χ4n) is 3.57. The van der Waals surface area contributed by atoms with Crippen molar-refractivity contribution in [3.63, 3.8) is 0 Å².